The molecule has 2 aromatic carbocycles. The monoisotopic (exact) mass is 489 g/mol. The normalized spacial score (nSPS) is 23.8. The fourth-order valence-corrected chi connectivity index (χ4v) is 9.80. The van der Waals surface area contributed by atoms with Crippen molar-refractivity contribution in [2.75, 3.05) is 21.3 Å². The molecule has 5 atom stereocenters. The molecule has 178 valence electrons. The average Bonchev–Trinajstić information content (AvgIpc) is 3.13. The van der Waals surface area contributed by atoms with Gasteiger partial charge in [-0.1, -0.05) is 79.3 Å². The number of benzene rings is 2. The molecule has 3 rings (SSSR count). The van der Waals surface area contributed by atoms with Crippen molar-refractivity contribution in [3.63, 3.8) is 0 Å². The highest BCUT2D eigenvalue weighted by Crippen LogP contribution is 2.53. The lowest BCUT2D eigenvalue weighted by atomic mass is 9.93. The third kappa shape index (κ3) is 4.67. The van der Waals surface area contributed by atoms with Crippen molar-refractivity contribution in [1.29, 1.82) is 0 Å². The maximum absolute atomic E-state index is 13.2. The molecule has 0 unspecified atom stereocenters. The summed E-state index contributed by atoms with van der Waals surface area (Å²) in [6, 6.07) is 16.9. The predicted molar refractivity (Wildman–Crippen MR) is 132 cm³/mol. The van der Waals surface area contributed by atoms with E-state index in [1.807, 2.05) is 42.5 Å². The largest absolute Gasteiger partial charge is 0.467 e. The molecular formula is C25H32ClNO5Si. The second-order valence-corrected chi connectivity index (χ2v) is 14.1. The zero-order chi connectivity index (χ0) is 24.3. The van der Waals surface area contributed by atoms with Gasteiger partial charge in [-0.2, -0.15) is 0 Å². The molecule has 0 aliphatic carbocycles. The SMILES string of the molecule is COC(=O)[C@H](OC)[C@H]1[C@H]([Si](C)(C)c2ccccc2)[C@@H](C)[C@@H](c2ccc(Cl)cc2)N1C(=O)OC. The van der Waals surface area contributed by atoms with Gasteiger partial charge in [0.25, 0.3) is 0 Å². The first kappa shape index (κ1) is 25.3. The summed E-state index contributed by atoms with van der Waals surface area (Å²) in [5.41, 5.74) is 0.908. The first-order chi connectivity index (χ1) is 15.7. The first-order valence-corrected chi connectivity index (χ1v) is 14.4. The highest BCUT2D eigenvalue weighted by atomic mass is 35.5. The number of hydrogen-bond acceptors (Lipinski definition) is 5. The van der Waals surface area contributed by atoms with Crippen LogP contribution in [0.25, 0.3) is 0 Å². The summed E-state index contributed by atoms with van der Waals surface area (Å²) in [5.74, 6) is -0.498. The summed E-state index contributed by atoms with van der Waals surface area (Å²) in [7, 11) is 1.91. The Morgan fingerprint density at radius 3 is 2.09 bits per heavy atom. The molecule has 8 heteroatoms. The van der Waals surface area contributed by atoms with E-state index >= 15 is 0 Å². The van der Waals surface area contributed by atoms with Crippen molar-refractivity contribution in [1.82, 2.24) is 4.90 Å². The van der Waals surface area contributed by atoms with Gasteiger partial charge >= 0.3 is 12.1 Å². The fraction of sp³-hybridized carbons (Fsp3) is 0.440. The van der Waals surface area contributed by atoms with Crippen LogP contribution in [0.3, 0.4) is 0 Å². The van der Waals surface area contributed by atoms with E-state index < -0.39 is 32.3 Å². The van der Waals surface area contributed by atoms with Gasteiger partial charge in [0.2, 0.25) is 0 Å². The summed E-state index contributed by atoms with van der Waals surface area (Å²) in [4.78, 5) is 27.8. The topological polar surface area (TPSA) is 65.1 Å². The van der Waals surface area contributed by atoms with Gasteiger partial charge in [-0.3, -0.25) is 4.90 Å². The summed E-state index contributed by atoms with van der Waals surface area (Å²) in [5, 5.41) is 1.86. The third-order valence-electron chi connectivity index (χ3n) is 7.00. The number of hydrogen-bond donors (Lipinski definition) is 0. The molecule has 0 saturated carbocycles. The molecule has 0 radical (unpaired) electrons. The Labute approximate surface area is 201 Å². The minimum Gasteiger partial charge on any atom is -0.467 e. The maximum atomic E-state index is 13.2. The number of methoxy groups -OCH3 is 3. The quantitative estimate of drug-likeness (QED) is 0.437. The molecule has 33 heavy (non-hydrogen) atoms. The van der Waals surface area contributed by atoms with E-state index in [0.29, 0.717) is 5.02 Å². The maximum Gasteiger partial charge on any atom is 0.410 e. The summed E-state index contributed by atoms with van der Waals surface area (Å²) in [6.07, 6.45) is -1.45. The predicted octanol–water partition coefficient (Wildman–Crippen LogP) is 4.64. The summed E-state index contributed by atoms with van der Waals surface area (Å²) in [6.45, 7) is 6.70. The number of nitrogens with zero attached hydrogens (tertiary/aromatic N) is 1. The van der Waals surface area contributed by atoms with Gasteiger partial charge in [0.05, 0.1) is 34.4 Å². The van der Waals surface area contributed by atoms with E-state index in [1.54, 1.807) is 4.90 Å². The van der Waals surface area contributed by atoms with Crippen molar-refractivity contribution in [2.24, 2.45) is 5.92 Å². The number of halogens is 1. The standard InChI is InChI=1S/C25H32ClNO5Si/c1-16-20(17-12-14-18(26)15-13-17)27(25(29)32-4)21(22(30-2)24(28)31-3)23(16)33(5,6)19-10-8-7-9-11-19/h7-16,20-23H,1-6H3/t16-,20-,21-,22+,23+/m0/s1. The number of carbonyl (C=O) groups excluding carboxylic acids is 2. The molecular weight excluding hydrogens is 458 g/mol. The third-order valence-corrected chi connectivity index (χ3v) is 11.6. The minimum absolute atomic E-state index is 0.0134. The minimum atomic E-state index is -2.26. The Morgan fingerprint density at radius 1 is 0.970 bits per heavy atom. The molecule has 1 fully saturated rings. The van der Waals surface area contributed by atoms with Crippen LogP contribution < -0.4 is 5.19 Å². The molecule has 1 amide bonds. The molecule has 0 aromatic heterocycles. The molecule has 1 aliphatic rings. The van der Waals surface area contributed by atoms with Crippen LogP contribution in [-0.2, 0) is 19.0 Å². The summed E-state index contributed by atoms with van der Waals surface area (Å²) < 4.78 is 16.0. The van der Waals surface area contributed by atoms with Crippen LogP contribution in [0.5, 0.6) is 0 Å². The van der Waals surface area contributed by atoms with Crippen molar-refractivity contribution >= 4 is 36.9 Å². The first-order valence-electron chi connectivity index (χ1n) is 11.0. The van der Waals surface area contributed by atoms with Crippen molar-refractivity contribution < 1.29 is 23.8 Å². The Balaban J connectivity index is 2.24. The Kier molecular flexibility index (Phi) is 7.87. The van der Waals surface area contributed by atoms with Gasteiger partial charge in [-0.15, -0.1) is 0 Å². The van der Waals surface area contributed by atoms with E-state index in [4.69, 9.17) is 25.8 Å². The van der Waals surface area contributed by atoms with E-state index in [1.165, 1.54) is 26.5 Å². The highest BCUT2D eigenvalue weighted by Gasteiger charge is 2.59. The zero-order valence-electron chi connectivity index (χ0n) is 19.9. The van der Waals surface area contributed by atoms with Crippen LogP contribution in [0.2, 0.25) is 23.7 Å². The molecule has 0 spiro atoms. The highest BCUT2D eigenvalue weighted by molar-refractivity contribution is 6.91. The van der Waals surface area contributed by atoms with E-state index in [0.717, 1.165) is 5.56 Å². The van der Waals surface area contributed by atoms with Crippen molar-refractivity contribution in [3.8, 4) is 0 Å². The molecule has 2 aromatic rings. The Hall–Kier alpha value is -2.35. The Bertz CT molecular complexity index is 969. The van der Waals surface area contributed by atoms with Crippen LogP contribution in [0.1, 0.15) is 18.5 Å². The van der Waals surface area contributed by atoms with Gasteiger partial charge in [0.1, 0.15) is 0 Å². The van der Waals surface area contributed by atoms with Gasteiger partial charge in [-0.05, 0) is 29.2 Å². The Morgan fingerprint density at radius 2 is 1.58 bits per heavy atom. The van der Waals surface area contributed by atoms with Gasteiger partial charge in [0, 0.05) is 12.1 Å². The molecule has 6 nitrogen and oxygen atoms in total. The zero-order valence-corrected chi connectivity index (χ0v) is 21.7. The summed E-state index contributed by atoms with van der Waals surface area (Å²) >= 11 is 6.14. The van der Waals surface area contributed by atoms with Crippen LogP contribution >= 0.6 is 11.6 Å². The molecule has 0 bridgehead atoms. The lowest BCUT2D eigenvalue weighted by Crippen LogP contribution is -2.57. The van der Waals surface area contributed by atoms with Gasteiger partial charge in [0.15, 0.2) is 6.10 Å². The van der Waals surface area contributed by atoms with Gasteiger partial charge in [-0.25, -0.2) is 9.59 Å². The smallest absolute Gasteiger partial charge is 0.410 e. The van der Waals surface area contributed by atoms with Gasteiger partial charge < -0.3 is 14.2 Å². The number of carbonyl (C=O) groups is 2. The number of likely N-dealkylation sites (tertiary alicyclic amines) is 1. The molecule has 1 saturated heterocycles. The van der Waals surface area contributed by atoms with E-state index in [9.17, 15) is 9.59 Å². The number of ether oxygens (including phenoxy) is 3. The number of rotatable bonds is 6. The lowest BCUT2D eigenvalue weighted by molar-refractivity contribution is -0.155. The van der Waals surface area contributed by atoms with Crippen LogP contribution in [0, 0.1) is 5.92 Å². The second kappa shape index (κ2) is 10.3. The van der Waals surface area contributed by atoms with E-state index in [2.05, 4.69) is 32.2 Å². The van der Waals surface area contributed by atoms with Crippen molar-refractivity contribution in [3.05, 3.63) is 65.2 Å². The number of amides is 1. The molecule has 1 heterocycles. The van der Waals surface area contributed by atoms with Crippen LogP contribution in [0.15, 0.2) is 54.6 Å². The van der Waals surface area contributed by atoms with Crippen molar-refractivity contribution in [2.45, 2.75) is 43.7 Å². The molecule has 1 aliphatic heterocycles. The van der Waals surface area contributed by atoms with Crippen LogP contribution in [0.4, 0.5) is 4.79 Å². The van der Waals surface area contributed by atoms with E-state index in [-0.39, 0.29) is 17.5 Å². The molecule has 0 N–H and O–H groups in total. The number of esters is 1. The second-order valence-electron chi connectivity index (χ2n) is 9.02. The average molecular weight is 490 g/mol. The lowest BCUT2D eigenvalue weighted by Gasteiger charge is -2.39. The fourth-order valence-electron chi connectivity index (χ4n) is 5.55. The van der Waals surface area contributed by atoms with Crippen LogP contribution in [-0.4, -0.2) is 58.5 Å².